The average molecular weight is 276 g/mol. The predicted octanol–water partition coefficient (Wildman–Crippen LogP) is 2.84. The van der Waals surface area contributed by atoms with E-state index in [2.05, 4.69) is 4.98 Å². The molecule has 0 spiro atoms. The molecule has 0 aliphatic rings. The summed E-state index contributed by atoms with van der Waals surface area (Å²) in [6.07, 6.45) is 3.08. The first-order chi connectivity index (χ1) is 9.09. The maximum absolute atomic E-state index is 11.1. The first-order valence-electron chi connectivity index (χ1n) is 5.18. The second-order valence-electron chi connectivity index (χ2n) is 3.50. The lowest BCUT2D eigenvalue weighted by Crippen LogP contribution is -2.02. The van der Waals surface area contributed by atoms with Gasteiger partial charge in [0.05, 0.1) is 10.5 Å². The molecule has 1 heterocycles. The Bertz CT molecular complexity index is 599. The van der Waals surface area contributed by atoms with Crippen LogP contribution >= 0.6 is 11.8 Å². The zero-order valence-electron chi connectivity index (χ0n) is 9.52. The highest BCUT2D eigenvalue weighted by Crippen LogP contribution is 2.37. The van der Waals surface area contributed by atoms with E-state index in [0.29, 0.717) is 4.90 Å². The van der Waals surface area contributed by atoms with Crippen LogP contribution in [0, 0.1) is 10.1 Å². The molecule has 2 rings (SSSR count). The fourth-order valence-corrected chi connectivity index (χ4v) is 2.47. The van der Waals surface area contributed by atoms with Crippen LogP contribution in [0.5, 0.6) is 0 Å². The van der Waals surface area contributed by atoms with E-state index in [1.54, 1.807) is 12.1 Å². The topological polar surface area (TPSA) is 93.3 Å². The van der Waals surface area contributed by atoms with Gasteiger partial charge in [0.15, 0.2) is 0 Å². The highest BCUT2D eigenvalue weighted by Gasteiger charge is 2.22. The monoisotopic (exact) mass is 276 g/mol. The molecule has 1 aromatic carbocycles. The van der Waals surface area contributed by atoms with Crippen LogP contribution < -0.4 is 0 Å². The number of nitrogens with zero attached hydrogens (tertiary/aromatic N) is 2. The van der Waals surface area contributed by atoms with E-state index >= 15 is 0 Å². The Kier molecular flexibility index (Phi) is 3.76. The zero-order valence-corrected chi connectivity index (χ0v) is 10.3. The van der Waals surface area contributed by atoms with Gasteiger partial charge in [-0.15, -0.1) is 0 Å². The number of carboxylic acids is 1. The molecule has 0 atom stereocenters. The van der Waals surface area contributed by atoms with Gasteiger partial charge in [-0.25, -0.2) is 4.79 Å². The van der Waals surface area contributed by atoms with E-state index in [4.69, 9.17) is 5.11 Å². The van der Waals surface area contributed by atoms with Crippen molar-refractivity contribution in [3.05, 3.63) is 58.4 Å². The normalized spacial score (nSPS) is 10.1. The second kappa shape index (κ2) is 5.49. The van der Waals surface area contributed by atoms with Gasteiger partial charge in [0, 0.05) is 23.4 Å². The minimum absolute atomic E-state index is 0.0870. The van der Waals surface area contributed by atoms with Gasteiger partial charge < -0.3 is 5.11 Å². The number of benzene rings is 1. The van der Waals surface area contributed by atoms with Crippen molar-refractivity contribution in [2.75, 3.05) is 0 Å². The van der Waals surface area contributed by atoms with Crippen LogP contribution in [0.3, 0.4) is 0 Å². The van der Waals surface area contributed by atoms with Gasteiger partial charge in [-0.2, -0.15) is 0 Å². The van der Waals surface area contributed by atoms with Crippen LogP contribution in [0.2, 0.25) is 0 Å². The lowest BCUT2D eigenvalue weighted by molar-refractivity contribution is -0.387. The summed E-state index contributed by atoms with van der Waals surface area (Å²) in [4.78, 5) is 26.2. The molecule has 0 saturated heterocycles. The van der Waals surface area contributed by atoms with Gasteiger partial charge in [-0.05, 0) is 18.2 Å². The Labute approximate surface area is 112 Å². The molecule has 19 heavy (non-hydrogen) atoms. The number of nitro groups is 1. The van der Waals surface area contributed by atoms with Crippen molar-refractivity contribution < 1.29 is 14.8 Å². The van der Waals surface area contributed by atoms with E-state index < -0.39 is 10.9 Å². The Morgan fingerprint density at radius 2 is 1.95 bits per heavy atom. The number of pyridine rings is 1. The van der Waals surface area contributed by atoms with Gasteiger partial charge >= 0.3 is 5.97 Å². The Morgan fingerprint density at radius 1 is 1.26 bits per heavy atom. The van der Waals surface area contributed by atoms with Crippen LogP contribution in [-0.4, -0.2) is 21.0 Å². The third-order valence-electron chi connectivity index (χ3n) is 2.29. The molecule has 1 N–H and O–H groups in total. The smallest absolute Gasteiger partial charge is 0.337 e. The van der Waals surface area contributed by atoms with Crippen molar-refractivity contribution in [2.45, 2.75) is 9.79 Å². The molecule has 0 fully saturated rings. The van der Waals surface area contributed by atoms with Crippen molar-refractivity contribution in [3.8, 4) is 0 Å². The predicted molar refractivity (Wildman–Crippen MR) is 68.4 cm³/mol. The van der Waals surface area contributed by atoms with Crippen LogP contribution in [0.4, 0.5) is 5.69 Å². The van der Waals surface area contributed by atoms with Crippen molar-refractivity contribution in [1.82, 2.24) is 4.98 Å². The summed E-state index contributed by atoms with van der Waals surface area (Å²) >= 11 is 1.03. The molecule has 0 aliphatic heterocycles. The number of carbonyl (C=O) groups is 1. The maximum atomic E-state index is 11.1. The summed E-state index contributed by atoms with van der Waals surface area (Å²) in [6.45, 7) is 0. The van der Waals surface area contributed by atoms with Crippen molar-refractivity contribution in [1.29, 1.82) is 0 Å². The van der Waals surface area contributed by atoms with E-state index in [0.717, 1.165) is 11.8 Å². The summed E-state index contributed by atoms with van der Waals surface area (Å²) < 4.78 is 0. The standard InChI is InChI=1S/C12H8N2O4S/c15-12(16)9-2-1-3-10(14(17)18)11(9)19-8-4-6-13-7-5-8/h1-7H,(H,15,16). The van der Waals surface area contributed by atoms with Gasteiger partial charge in [0.2, 0.25) is 0 Å². The summed E-state index contributed by atoms with van der Waals surface area (Å²) in [5.41, 5.74) is -0.308. The molecule has 0 saturated carbocycles. The molecule has 1 aromatic heterocycles. The minimum atomic E-state index is -1.19. The van der Waals surface area contributed by atoms with Gasteiger partial charge in [-0.1, -0.05) is 17.8 Å². The number of aromatic nitrogens is 1. The molecule has 0 aliphatic carbocycles. The molecule has 0 unspecified atom stereocenters. The average Bonchev–Trinajstić information content (AvgIpc) is 2.39. The summed E-state index contributed by atoms with van der Waals surface area (Å²) in [5, 5.41) is 20.1. The van der Waals surface area contributed by atoms with Crippen molar-refractivity contribution in [2.24, 2.45) is 0 Å². The third kappa shape index (κ3) is 2.89. The van der Waals surface area contributed by atoms with E-state index in [1.807, 2.05) is 0 Å². The third-order valence-corrected chi connectivity index (χ3v) is 3.43. The molecular formula is C12H8N2O4S. The number of hydrogen-bond acceptors (Lipinski definition) is 5. The lowest BCUT2D eigenvalue weighted by Gasteiger charge is -2.06. The Balaban J connectivity index is 2.52. The lowest BCUT2D eigenvalue weighted by atomic mass is 10.2. The Morgan fingerprint density at radius 3 is 2.53 bits per heavy atom. The molecule has 7 heteroatoms. The highest BCUT2D eigenvalue weighted by molar-refractivity contribution is 7.99. The van der Waals surface area contributed by atoms with E-state index in [1.165, 1.54) is 30.6 Å². The second-order valence-corrected chi connectivity index (χ2v) is 4.58. The minimum Gasteiger partial charge on any atom is -0.478 e. The van der Waals surface area contributed by atoms with Crippen LogP contribution in [0.15, 0.2) is 52.5 Å². The fourth-order valence-electron chi connectivity index (χ4n) is 1.47. The van der Waals surface area contributed by atoms with E-state index in [9.17, 15) is 14.9 Å². The summed E-state index contributed by atoms with van der Waals surface area (Å²) in [7, 11) is 0. The quantitative estimate of drug-likeness (QED) is 0.681. The van der Waals surface area contributed by atoms with Crippen LogP contribution in [0.1, 0.15) is 10.4 Å². The van der Waals surface area contributed by atoms with Crippen LogP contribution in [0.25, 0.3) is 0 Å². The van der Waals surface area contributed by atoms with Crippen LogP contribution in [-0.2, 0) is 0 Å². The molecule has 0 amide bonds. The summed E-state index contributed by atoms with van der Waals surface area (Å²) in [5.74, 6) is -1.19. The number of aromatic carboxylic acids is 1. The SMILES string of the molecule is O=C(O)c1cccc([N+](=O)[O-])c1Sc1ccncc1. The highest BCUT2D eigenvalue weighted by atomic mass is 32.2. The molecule has 2 aromatic rings. The van der Waals surface area contributed by atoms with Gasteiger partial charge in [0.25, 0.3) is 5.69 Å². The molecule has 96 valence electrons. The number of rotatable bonds is 4. The number of hydrogen-bond donors (Lipinski definition) is 1. The van der Waals surface area contributed by atoms with Gasteiger partial charge in [-0.3, -0.25) is 15.1 Å². The molecular weight excluding hydrogens is 268 g/mol. The largest absolute Gasteiger partial charge is 0.478 e. The number of nitro benzene ring substituents is 1. The maximum Gasteiger partial charge on any atom is 0.337 e. The Hall–Kier alpha value is -2.41. The molecule has 0 radical (unpaired) electrons. The van der Waals surface area contributed by atoms with E-state index in [-0.39, 0.29) is 16.1 Å². The first-order valence-corrected chi connectivity index (χ1v) is 6.00. The zero-order chi connectivity index (χ0) is 13.8. The first kappa shape index (κ1) is 13.0. The molecule has 0 bridgehead atoms. The van der Waals surface area contributed by atoms with Crippen molar-refractivity contribution in [3.63, 3.8) is 0 Å². The van der Waals surface area contributed by atoms with Crippen molar-refractivity contribution >= 4 is 23.4 Å². The summed E-state index contributed by atoms with van der Waals surface area (Å²) in [6, 6.07) is 7.31. The van der Waals surface area contributed by atoms with Gasteiger partial charge in [0.1, 0.15) is 4.90 Å². The molecule has 6 nitrogen and oxygen atoms in total. The number of carboxylic acid groups (broad SMARTS) is 1. The fraction of sp³-hybridized carbons (Fsp3) is 0.